The highest BCUT2D eigenvalue weighted by atomic mass is 16.3. The summed E-state index contributed by atoms with van der Waals surface area (Å²) in [6.45, 7) is 1.90. The van der Waals surface area contributed by atoms with Gasteiger partial charge >= 0.3 is 0 Å². The average Bonchev–Trinajstić information content (AvgIpc) is 3.42. The Hall–Kier alpha value is -2.44. The molecule has 3 aliphatic carbocycles. The molecule has 6 nitrogen and oxygen atoms in total. The van der Waals surface area contributed by atoms with Crippen molar-refractivity contribution in [3.63, 3.8) is 0 Å². The van der Waals surface area contributed by atoms with Crippen molar-refractivity contribution >= 4 is 16.6 Å². The van der Waals surface area contributed by atoms with Gasteiger partial charge in [-0.2, -0.15) is 0 Å². The zero-order chi connectivity index (χ0) is 20.6. The normalized spacial score (nSPS) is 25.9. The van der Waals surface area contributed by atoms with Crippen LogP contribution in [-0.4, -0.2) is 50.7 Å². The Morgan fingerprint density at radius 1 is 1.27 bits per heavy atom. The third-order valence-electron chi connectivity index (χ3n) is 6.93. The molecule has 3 aromatic rings. The first-order chi connectivity index (χ1) is 14.6. The van der Waals surface area contributed by atoms with Crippen molar-refractivity contribution in [1.29, 1.82) is 0 Å². The lowest BCUT2D eigenvalue weighted by atomic mass is 9.62. The predicted molar refractivity (Wildman–Crippen MR) is 117 cm³/mol. The number of oxazole rings is 1. The molecule has 3 aliphatic rings. The standard InChI is InChI=1S/C24H30N4O2/c1-28(12-4-7-22-26-20-5-2-3-6-21(20)27-22)13-10-24(29)16-17-8-9-18(24)15-19(17)23-25-11-14-30-23/h2-3,5-6,11,14-15,17-18,29H,4,7-10,12-13,16H2,1H3,(H,26,27)/t17-,18-,24+/m1/s1. The third kappa shape index (κ3) is 3.82. The summed E-state index contributed by atoms with van der Waals surface area (Å²) in [4.78, 5) is 14.7. The van der Waals surface area contributed by atoms with Crippen molar-refractivity contribution in [3.8, 4) is 0 Å². The number of hydrogen-bond acceptors (Lipinski definition) is 5. The molecule has 2 bridgehead atoms. The van der Waals surface area contributed by atoms with Crippen LogP contribution in [0.5, 0.6) is 0 Å². The SMILES string of the molecule is CN(CCCc1nc2ccccc2[nH]1)CC[C@]1(O)C[C@H]2CC[C@@H]1C=C2c1ncco1. The molecule has 0 saturated heterocycles. The van der Waals surface area contributed by atoms with Crippen molar-refractivity contribution < 1.29 is 9.52 Å². The van der Waals surface area contributed by atoms with Crippen LogP contribution < -0.4 is 0 Å². The molecule has 158 valence electrons. The van der Waals surface area contributed by atoms with Crippen LogP contribution in [0.2, 0.25) is 0 Å². The van der Waals surface area contributed by atoms with Gasteiger partial charge in [-0.05, 0) is 63.7 Å². The van der Waals surface area contributed by atoms with Crippen molar-refractivity contribution in [2.45, 2.75) is 44.1 Å². The number of aromatic nitrogens is 3. The first-order valence-electron chi connectivity index (χ1n) is 11.1. The van der Waals surface area contributed by atoms with Crippen LogP contribution >= 0.6 is 0 Å². The molecule has 1 aromatic carbocycles. The molecule has 0 aliphatic heterocycles. The second-order valence-corrected chi connectivity index (χ2v) is 9.01. The maximum absolute atomic E-state index is 11.4. The van der Waals surface area contributed by atoms with Gasteiger partial charge in [-0.15, -0.1) is 0 Å². The van der Waals surface area contributed by atoms with E-state index in [2.05, 4.69) is 39.0 Å². The van der Waals surface area contributed by atoms with E-state index < -0.39 is 5.60 Å². The quantitative estimate of drug-likeness (QED) is 0.590. The van der Waals surface area contributed by atoms with E-state index in [1.165, 1.54) is 5.57 Å². The van der Waals surface area contributed by atoms with Crippen molar-refractivity contribution in [2.24, 2.45) is 11.8 Å². The summed E-state index contributed by atoms with van der Waals surface area (Å²) in [5.41, 5.74) is 2.73. The molecule has 30 heavy (non-hydrogen) atoms. The third-order valence-corrected chi connectivity index (χ3v) is 6.93. The fourth-order valence-corrected chi connectivity index (χ4v) is 5.22. The van der Waals surface area contributed by atoms with Crippen LogP contribution in [0.25, 0.3) is 16.6 Å². The predicted octanol–water partition coefficient (Wildman–Crippen LogP) is 4.05. The molecule has 6 heteroatoms. The van der Waals surface area contributed by atoms with Gasteiger partial charge in [0.1, 0.15) is 12.1 Å². The van der Waals surface area contributed by atoms with Crippen molar-refractivity contribution in [1.82, 2.24) is 19.9 Å². The zero-order valence-electron chi connectivity index (χ0n) is 17.6. The number of para-hydroxylation sites is 2. The Labute approximate surface area is 177 Å². The average molecular weight is 407 g/mol. The molecule has 1 saturated carbocycles. The van der Waals surface area contributed by atoms with Gasteiger partial charge in [0.15, 0.2) is 0 Å². The lowest BCUT2D eigenvalue weighted by Gasteiger charge is -2.47. The van der Waals surface area contributed by atoms with Gasteiger partial charge in [0.05, 0.1) is 22.8 Å². The van der Waals surface area contributed by atoms with Gasteiger partial charge in [0.25, 0.3) is 0 Å². The van der Waals surface area contributed by atoms with E-state index in [1.54, 1.807) is 12.5 Å². The molecule has 1 fully saturated rings. The molecule has 2 aromatic heterocycles. The molecule has 2 N–H and O–H groups in total. The molecule has 0 radical (unpaired) electrons. The number of nitrogens with one attached hydrogen (secondary N) is 1. The monoisotopic (exact) mass is 406 g/mol. The number of benzene rings is 1. The van der Waals surface area contributed by atoms with Gasteiger partial charge < -0.3 is 19.4 Å². The van der Waals surface area contributed by atoms with Crippen LogP contribution in [-0.2, 0) is 6.42 Å². The van der Waals surface area contributed by atoms with E-state index in [0.717, 1.165) is 74.4 Å². The number of aliphatic hydroxyl groups is 1. The highest BCUT2D eigenvalue weighted by molar-refractivity contribution is 5.74. The van der Waals surface area contributed by atoms with Crippen LogP contribution in [0.3, 0.4) is 0 Å². The largest absolute Gasteiger partial charge is 0.445 e. The Morgan fingerprint density at radius 3 is 2.93 bits per heavy atom. The molecular weight excluding hydrogens is 376 g/mol. The van der Waals surface area contributed by atoms with Gasteiger partial charge in [0.2, 0.25) is 5.89 Å². The number of rotatable bonds is 8. The Morgan fingerprint density at radius 2 is 2.17 bits per heavy atom. The van der Waals surface area contributed by atoms with Crippen LogP contribution in [0.4, 0.5) is 0 Å². The number of imidazole rings is 1. The topological polar surface area (TPSA) is 78.2 Å². The molecule has 0 unspecified atom stereocenters. The summed E-state index contributed by atoms with van der Waals surface area (Å²) in [6.07, 6.45) is 11.4. The number of H-pyrrole nitrogens is 1. The summed E-state index contributed by atoms with van der Waals surface area (Å²) >= 11 is 0. The minimum atomic E-state index is -0.605. The Bertz CT molecular complexity index is 992. The number of hydrogen-bond donors (Lipinski definition) is 2. The van der Waals surface area contributed by atoms with Crippen LogP contribution in [0, 0.1) is 11.8 Å². The minimum absolute atomic E-state index is 0.202. The number of nitrogens with zero attached hydrogens (tertiary/aromatic N) is 3. The number of aromatic amines is 1. The van der Waals surface area contributed by atoms with Gasteiger partial charge in [0, 0.05) is 24.5 Å². The Balaban J connectivity index is 1.12. The van der Waals surface area contributed by atoms with E-state index in [9.17, 15) is 5.11 Å². The van der Waals surface area contributed by atoms with E-state index in [0.29, 0.717) is 5.92 Å². The Kier molecular flexibility index (Phi) is 5.21. The van der Waals surface area contributed by atoms with Gasteiger partial charge in [-0.3, -0.25) is 0 Å². The number of fused-ring (bicyclic) bond motifs is 3. The fraction of sp³-hybridized carbons (Fsp3) is 0.500. The summed E-state index contributed by atoms with van der Waals surface area (Å²) < 4.78 is 5.52. The molecule has 0 spiro atoms. The van der Waals surface area contributed by atoms with Gasteiger partial charge in [-0.25, -0.2) is 9.97 Å². The van der Waals surface area contributed by atoms with E-state index in [-0.39, 0.29) is 5.92 Å². The zero-order valence-corrected chi connectivity index (χ0v) is 17.6. The summed E-state index contributed by atoms with van der Waals surface area (Å²) in [5, 5.41) is 11.4. The number of aryl methyl sites for hydroxylation is 1. The lowest BCUT2D eigenvalue weighted by Crippen LogP contribution is -2.48. The van der Waals surface area contributed by atoms with E-state index in [4.69, 9.17) is 4.42 Å². The second kappa shape index (κ2) is 8.00. The molecule has 6 rings (SSSR count). The molecule has 2 heterocycles. The maximum Gasteiger partial charge on any atom is 0.221 e. The summed E-state index contributed by atoms with van der Waals surface area (Å²) in [5.74, 6) is 2.34. The maximum atomic E-state index is 11.4. The highest BCUT2D eigenvalue weighted by Crippen LogP contribution is 2.50. The van der Waals surface area contributed by atoms with E-state index >= 15 is 0 Å². The van der Waals surface area contributed by atoms with Crippen LogP contribution in [0.15, 0.2) is 47.2 Å². The van der Waals surface area contributed by atoms with E-state index in [1.807, 2.05) is 18.2 Å². The highest BCUT2D eigenvalue weighted by Gasteiger charge is 2.47. The second-order valence-electron chi connectivity index (χ2n) is 9.01. The first kappa shape index (κ1) is 19.5. The summed E-state index contributed by atoms with van der Waals surface area (Å²) in [6, 6.07) is 8.16. The molecule has 3 atom stereocenters. The number of allylic oxidation sites excluding steroid dienone is 1. The van der Waals surface area contributed by atoms with Crippen molar-refractivity contribution in [2.75, 3.05) is 20.1 Å². The van der Waals surface area contributed by atoms with Crippen LogP contribution in [0.1, 0.15) is 43.8 Å². The lowest BCUT2D eigenvalue weighted by molar-refractivity contribution is -0.0577. The minimum Gasteiger partial charge on any atom is -0.445 e. The smallest absolute Gasteiger partial charge is 0.221 e. The molecule has 0 amide bonds. The van der Waals surface area contributed by atoms with Crippen molar-refractivity contribution in [3.05, 3.63) is 54.5 Å². The fourth-order valence-electron chi connectivity index (χ4n) is 5.22. The first-order valence-corrected chi connectivity index (χ1v) is 11.1. The summed E-state index contributed by atoms with van der Waals surface area (Å²) in [7, 11) is 2.15. The molecular formula is C24H30N4O2. The van der Waals surface area contributed by atoms with Gasteiger partial charge in [-0.1, -0.05) is 18.2 Å².